The highest BCUT2D eigenvalue weighted by molar-refractivity contribution is 7.98. The molecule has 1 aliphatic rings. The number of carbonyl (C=O) groups excluding carboxylic acids is 1. The van der Waals surface area contributed by atoms with Crippen LogP contribution < -0.4 is 0 Å². The van der Waals surface area contributed by atoms with Crippen molar-refractivity contribution in [3.63, 3.8) is 0 Å². The number of hydrogen-bond acceptors (Lipinski definition) is 3. The third kappa shape index (κ3) is 2.12. The molecule has 3 heteroatoms. The van der Waals surface area contributed by atoms with E-state index in [4.69, 9.17) is 4.74 Å². The Labute approximate surface area is 106 Å². The number of hydrogen-bond donors (Lipinski definition) is 0. The molecule has 17 heavy (non-hydrogen) atoms. The van der Waals surface area contributed by atoms with Crippen LogP contribution >= 0.6 is 11.8 Å². The summed E-state index contributed by atoms with van der Waals surface area (Å²) in [5.74, 6) is 0.759. The van der Waals surface area contributed by atoms with Crippen LogP contribution in [0, 0.1) is 0 Å². The topological polar surface area (TPSA) is 26.3 Å². The van der Waals surface area contributed by atoms with Crippen LogP contribution in [0.15, 0.2) is 35.2 Å². The van der Waals surface area contributed by atoms with Crippen LogP contribution in [0.5, 0.6) is 0 Å². The van der Waals surface area contributed by atoms with E-state index >= 15 is 0 Å². The molecule has 1 unspecified atom stereocenters. The van der Waals surface area contributed by atoms with Crippen LogP contribution in [-0.4, -0.2) is 17.6 Å². The highest BCUT2D eigenvalue weighted by atomic mass is 32.2. The maximum atomic E-state index is 11.9. The largest absolute Gasteiger partial charge is 0.479 e. The van der Waals surface area contributed by atoms with Gasteiger partial charge in [0.1, 0.15) is 5.76 Å². The first kappa shape index (κ1) is 12.2. The summed E-state index contributed by atoms with van der Waals surface area (Å²) < 4.78 is 5.84. The van der Waals surface area contributed by atoms with Crippen LogP contribution in [-0.2, 0) is 9.53 Å². The SMILES string of the molecule is CCC1(C)OC(c2ccccc2SC)=CC1=O. The lowest BCUT2D eigenvalue weighted by Crippen LogP contribution is -2.31. The molecule has 2 nitrogen and oxygen atoms in total. The van der Waals surface area contributed by atoms with E-state index in [1.165, 1.54) is 0 Å². The van der Waals surface area contributed by atoms with Gasteiger partial charge in [0.25, 0.3) is 0 Å². The molecule has 0 radical (unpaired) electrons. The minimum Gasteiger partial charge on any atom is -0.479 e. The van der Waals surface area contributed by atoms with E-state index in [-0.39, 0.29) is 5.78 Å². The maximum absolute atomic E-state index is 11.9. The lowest BCUT2D eigenvalue weighted by atomic mass is 9.99. The third-order valence-corrected chi connectivity index (χ3v) is 3.96. The minimum absolute atomic E-state index is 0.0610. The van der Waals surface area contributed by atoms with E-state index in [0.717, 1.165) is 10.5 Å². The quantitative estimate of drug-likeness (QED) is 0.766. The van der Waals surface area contributed by atoms with Crippen molar-refractivity contribution in [3.8, 4) is 0 Å². The van der Waals surface area contributed by atoms with Crippen molar-refractivity contribution in [1.29, 1.82) is 0 Å². The Morgan fingerprint density at radius 2 is 2.06 bits per heavy atom. The summed E-state index contributed by atoms with van der Waals surface area (Å²) in [5.41, 5.74) is 0.325. The lowest BCUT2D eigenvalue weighted by Gasteiger charge is -2.22. The predicted molar refractivity (Wildman–Crippen MR) is 71.0 cm³/mol. The van der Waals surface area contributed by atoms with Crippen molar-refractivity contribution in [3.05, 3.63) is 35.9 Å². The first-order valence-corrected chi connectivity index (χ1v) is 6.91. The molecule has 1 aromatic rings. The monoisotopic (exact) mass is 248 g/mol. The van der Waals surface area contributed by atoms with Crippen LogP contribution in [0.2, 0.25) is 0 Å². The maximum Gasteiger partial charge on any atom is 0.202 e. The third-order valence-electron chi connectivity index (χ3n) is 3.17. The van der Waals surface area contributed by atoms with Gasteiger partial charge in [-0.05, 0) is 25.7 Å². The summed E-state index contributed by atoms with van der Waals surface area (Å²) in [7, 11) is 0. The van der Waals surface area contributed by atoms with Gasteiger partial charge in [-0.15, -0.1) is 11.8 Å². The molecule has 1 aromatic carbocycles. The molecular weight excluding hydrogens is 232 g/mol. The van der Waals surface area contributed by atoms with Crippen molar-refractivity contribution in [2.45, 2.75) is 30.8 Å². The van der Waals surface area contributed by atoms with Gasteiger partial charge >= 0.3 is 0 Å². The van der Waals surface area contributed by atoms with E-state index in [1.54, 1.807) is 17.8 Å². The van der Waals surface area contributed by atoms with E-state index < -0.39 is 5.60 Å². The van der Waals surface area contributed by atoms with Crippen molar-refractivity contribution in [2.75, 3.05) is 6.26 Å². The fourth-order valence-corrected chi connectivity index (χ4v) is 2.42. The molecule has 1 atom stereocenters. The van der Waals surface area contributed by atoms with Gasteiger partial charge in [0, 0.05) is 16.5 Å². The second-order valence-corrected chi connectivity index (χ2v) is 5.11. The highest BCUT2D eigenvalue weighted by Gasteiger charge is 2.38. The Morgan fingerprint density at radius 1 is 1.35 bits per heavy atom. The van der Waals surface area contributed by atoms with Crippen molar-refractivity contribution in [1.82, 2.24) is 0 Å². The van der Waals surface area contributed by atoms with Gasteiger partial charge in [-0.3, -0.25) is 4.79 Å². The summed E-state index contributed by atoms with van der Waals surface area (Å²) in [5, 5.41) is 0. The summed E-state index contributed by atoms with van der Waals surface area (Å²) >= 11 is 1.66. The molecule has 0 aliphatic carbocycles. The zero-order chi connectivity index (χ0) is 12.5. The summed E-state index contributed by atoms with van der Waals surface area (Å²) in [6, 6.07) is 7.99. The van der Waals surface area contributed by atoms with Crippen molar-refractivity contribution in [2.24, 2.45) is 0 Å². The number of thioether (sulfide) groups is 1. The number of rotatable bonds is 3. The fraction of sp³-hybridized carbons (Fsp3) is 0.357. The Kier molecular flexibility index (Phi) is 3.29. The zero-order valence-electron chi connectivity index (χ0n) is 10.3. The molecule has 0 saturated carbocycles. The van der Waals surface area contributed by atoms with Gasteiger partial charge in [-0.2, -0.15) is 0 Å². The Bertz CT molecular complexity index is 479. The fourth-order valence-electron chi connectivity index (χ4n) is 1.82. The molecule has 0 amide bonds. The van der Waals surface area contributed by atoms with Gasteiger partial charge in [-0.25, -0.2) is 0 Å². The van der Waals surface area contributed by atoms with Crippen LogP contribution in [0.3, 0.4) is 0 Å². The van der Waals surface area contributed by atoms with E-state index in [2.05, 4.69) is 0 Å². The molecule has 90 valence electrons. The van der Waals surface area contributed by atoms with Gasteiger partial charge in [0.05, 0.1) is 0 Å². The molecule has 0 saturated heterocycles. The second kappa shape index (κ2) is 4.57. The molecule has 1 heterocycles. The zero-order valence-corrected chi connectivity index (χ0v) is 11.1. The van der Waals surface area contributed by atoms with E-state index in [1.807, 2.05) is 44.4 Å². The number of benzene rings is 1. The average molecular weight is 248 g/mol. The molecule has 0 bridgehead atoms. The molecular formula is C14H16O2S. The van der Waals surface area contributed by atoms with Crippen molar-refractivity contribution < 1.29 is 9.53 Å². The highest BCUT2D eigenvalue weighted by Crippen LogP contribution is 2.36. The first-order chi connectivity index (χ1) is 8.10. The normalized spacial score (nSPS) is 23.5. The Hall–Kier alpha value is -1.22. The first-order valence-electron chi connectivity index (χ1n) is 5.69. The average Bonchev–Trinajstić information content (AvgIpc) is 2.66. The number of ether oxygens (including phenoxy) is 1. The standard InChI is InChI=1S/C14H16O2S/c1-4-14(2)13(15)9-11(16-14)10-7-5-6-8-12(10)17-3/h5-9H,4H2,1-3H3. The smallest absolute Gasteiger partial charge is 0.202 e. The Balaban J connectivity index is 2.38. The van der Waals surface area contributed by atoms with Crippen molar-refractivity contribution >= 4 is 23.3 Å². The molecule has 0 spiro atoms. The van der Waals surface area contributed by atoms with Gasteiger partial charge in [0.2, 0.25) is 5.78 Å². The van der Waals surface area contributed by atoms with Gasteiger partial charge < -0.3 is 4.74 Å². The summed E-state index contributed by atoms with van der Waals surface area (Å²) in [6.45, 7) is 3.82. The summed E-state index contributed by atoms with van der Waals surface area (Å²) in [4.78, 5) is 13.0. The molecule has 0 aromatic heterocycles. The van der Waals surface area contributed by atoms with Crippen LogP contribution in [0.1, 0.15) is 25.8 Å². The predicted octanol–water partition coefficient (Wildman–Crippen LogP) is 3.52. The molecule has 2 rings (SSSR count). The van der Waals surface area contributed by atoms with Gasteiger partial charge in [-0.1, -0.05) is 25.1 Å². The van der Waals surface area contributed by atoms with Crippen LogP contribution in [0.25, 0.3) is 5.76 Å². The Morgan fingerprint density at radius 3 is 2.65 bits per heavy atom. The molecule has 0 N–H and O–H groups in total. The minimum atomic E-state index is -0.680. The molecule has 1 aliphatic heterocycles. The van der Waals surface area contributed by atoms with E-state index in [9.17, 15) is 4.79 Å². The van der Waals surface area contributed by atoms with Crippen LogP contribution in [0.4, 0.5) is 0 Å². The lowest BCUT2D eigenvalue weighted by molar-refractivity contribution is -0.127. The number of ketones is 1. The van der Waals surface area contributed by atoms with E-state index in [0.29, 0.717) is 12.2 Å². The summed E-state index contributed by atoms with van der Waals surface area (Å²) in [6.07, 6.45) is 4.33. The number of carbonyl (C=O) groups is 1. The van der Waals surface area contributed by atoms with Gasteiger partial charge in [0.15, 0.2) is 5.60 Å². The molecule has 0 fully saturated rings. The second-order valence-electron chi connectivity index (χ2n) is 4.26.